The third-order valence-corrected chi connectivity index (χ3v) is 3.45. The van der Waals surface area contributed by atoms with E-state index in [1.165, 1.54) is 6.33 Å². The van der Waals surface area contributed by atoms with Gasteiger partial charge >= 0.3 is 0 Å². The van der Waals surface area contributed by atoms with Crippen LogP contribution >= 0.6 is 23.2 Å². The first-order chi connectivity index (χ1) is 9.74. The Labute approximate surface area is 125 Å². The predicted octanol–water partition coefficient (Wildman–Crippen LogP) is 3.94. The summed E-state index contributed by atoms with van der Waals surface area (Å²) >= 11 is 12.1. The molecule has 0 spiro atoms. The summed E-state index contributed by atoms with van der Waals surface area (Å²) in [5.41, 5.74) is 2.43. The second kappa shape index (κ2) is 5.61. The number of aromatic nitrogens is 3. The lowest BCUT2D eigenvalue weighted by Gasteiger charge is -2.09. The molecule has 2 aromatic heterocycles. The zero-order valence-corrected chi connectivity index (χ0v) is 11.9. The molecule has 0 aliphatic rings. The predicted molar refractivity (Wildman–Crippen MR) is 81.1 cm³/mol. The molecular formula is C14H10Cl2N4. The third kappa shape index (κ3) is 2.66. The van der Waals surface area contributed by atoms with E-state index in [4.69, 9.17) is 23.2 Å². The van der Waals surface area contributed by atoms with Crippen molar-refractivity contribution >= 4 is 40.1 Å². The number of anilines is 1. The van der Waals surface area contributed by atoms with Crippen molar-refractivity contribution < 1.29 is 0 Å². The van der Waals surface area contributed by atoms with E-state index in [1.54, 1.807) is 18.3 Å². The first kappa shape index (κ1) is 13.1. The van der Waals surface area contributed by atoms with Crippen LogP contribution in [0.3, 0.4) is 0 Å². The summed E-state index contributed by atoms with van der Waals surface area (Å²) in [6, 6.07) is 9.09. The van der Waals surface area contributed by atoms with Crippen molar-refractivity contribution in [2.75, 3.05) is 5.32 Å². The summed E-state index contributed by atoms with van der Waals surface area (Å²) in [4.78, 5) is 12.7. The minimum absolute atomic E-state index is 0.516. The highest BCUT2D eigenvalue weighted by Crippen LogP contribution is 2.22. The molecule has 0 saturated carbocycles. The van der Waals surface area contributed by atoms with Gasteiger partial charge in [0, 0.05) is 22.8 Å². The van der Waals surface area contributed by atoms with Crippen LogP contribution in [0.5, 0.6) is 0 Å². The molecule has 3 rings (SSSR count). The molecule has 0 aliphatic heterocycles. The molecule has 0 atom stereocenters. The van der Waals surface area contributed by atoms with E-state index in [1.807, 2.05) is 18.2 Å². The molecule has 6 heteroatoms. The first-order valence-corrected chi connectivity index (χ1v) is 6.73. The largest absolute Gasteiger partial charge is 0.364 e. The average Bonchev–Trinajstić information content (AvgIpc) is 2.48. The van der Waals surface area contributed by atoms with Crippen LogP contribution in [0.4, 0.5) is 5.82 Å². The fourth-order valence-electron chi connectivity index (χ4n) is 1.88. The molecule has 0 unspecified atom stereocenters. The number of halogens is 2. The van der Waals surface area contributed by atoms with Crippen molar-refractivity contribution in [2.45, 2.75) is 6.54 Å². The fraction of sp³-hybridized carbons (Fsp3) is 0.0714. The van der Waals surface area contributed by atoms with Gasteiger partial charge in [-0.25, -0.2) is 9.97 Å². The maximum absolute atomic E-state index is 6.13. The van der Waals surface area contributed by atoms with Gasteiger partial charge in [0.25, 0.3) is 0 Å². The summed E-state index contributed by atoms with van der Waals surface area (Å²) in [7, 11) is 0. The molecular weight excluding hydrogens is 295 g/mol. The molecule has 0 radical (unpaired) electrons. The maximum Gasteiger partial charge on any atom is 0.156 e. The van der Waals surface area contributed by atoms with Gasteiger partial charge in [-0.15, -0.1) is 0 Å². The zero-order chi connectivity index (χ0) is 13.9. The number of benzene rings is 1. The molecule has 0 fully saturated rings. The monoisotopic (exact) mass is 304 g/mol. The fourth-order valence-corrected chi connectivity index (χ4v) is 2.26. The molecule has 0 bridgehead atoms. The van der Waals surface area contributed by atoms with Crippen LogP contribution in [0.15, 0.2) is 42.9 Å². The molecule has 2 heterocycles. The van der Waals surface area contributed by atoms with Crippen LogP contribution in [0.1, 0.15) is 5.56 Å². The molecule has 1 aromatic carbocycles. The highest BCUT2D eigenvalue weighted by molar-refractivity contribution is 6.33. The topological polar surface area (TPSA) is 50.7 Å². The smallest absolute Gasteiger partial charge is 0.156 e. The van der Waals surface area contributed by atoms with Gasteiger partial charge in [-0.05, 0) is 35.9 Å². The number of nitrogens with one attached hydrogen (secondary N) is 1. The molecule has 4 nitrogen and oxygen atoms in total. The van der Waals surface area contributed by atoms with Gasteiger partial charge in [0.2, 0.25) is 0 Å². The molecule has 0 aliphatic carbocycles. The number of nitrogens with zero attached hydrogens (tertiary/aromatic N) is 3. The molecule has 3 aromatic rings. The Morgan fingerprint density at radius 1 is 1.05 bits per heavy atom. The van der Waals surface area contributed by atoms with Gasteiger partial charge in [0.1, 0.15) is 11.8 Å². The minimum atomic E-state index is 0.516. The van der Waals surface area contributed by atoms with Gasteiger partial charge in [0.15, 0.2) is 5.82 Å². The lowest BCUT2D eigenvalue weighted by molar-refractivity contribution is 1.09. The van der Waals surface area contributed by atoms with Crippen LogP contribution in [0.25, 0.3) is 11.0 Å². The summed E-state index contributed by atoms with van der Waals surface area (Å²) in [6.45, 7) is 0.516. The van der Waals surface area contributed by atoms with E-state index < -0.39 is 0 Å². The molecule has 0 saturated heterocycles. The van der Waals surface area contributed by atoms with Crippen LogP contribution in [-0.2, 0) is 6.54 Å². The minimum Gasteiger partial charge on any atom is -0.364 e. The molecule has 20 heavy (non-hydrogen) atoms. The van der Waals surface area contributed by atoms with Crippen molar-refractivity contribution in [2.24, 2.45) is 0 Å². The highest BCUT2D eigenvalue weighted by Gasteiger charge is 2.06. The van der Waals surface area contributed by atoms with Crippen LogP contribution in [0, 0.1) is 0 Å². The van der Waals surface area contributed by atoms with Crippen molar-refractivity contribution in [1.82, 2.24) is 15.0 Å². The third-order valence-electron chi connectivity index (χ3n) is 2.85. The van der Waals surface area contributed by atoms with Gasteiger partial charge in [-0.2, -0.15) is 0 Å². The van der Waals surface area contributed by atoms with Gasteiger partial charge in [0.05, 0.1) is 5.52 Å². The summed E-state index contributed by atoms with van der Waals surface area (Å²) in [6.07, 6.45) is 3.22. The van der Waals surface area contributed by atoms with Crippen molar-refractivity contribution in [3.05, 3.63) is 58.5 Å². The Balaban J connectivity index is 1.89. The molecule has 100 valence electrons. The Kier molecular flexibility index (Phi) is 3.67. The average molecular weight is 305 g/mol. The second-order valence-electron chi connectivity index (χ2n) is 4.18. The van der Waals surface area contributed by atoms with Gasteiger partial charge < -0.3 is 5.32 Å². The second-order valence-corrected chi connectivity index (χ2v) is 5.03. The lowest BCUT2D eigenvalue weighted by atomic mass is 10.2. The Hall–Kier alpha value is -1.91. The Morgan fingerprint density at radius 3 is 2.85 bits per heavy atom. The van der Waals surface area contributed by atoms with E-state index in [2.05, 4.69) is 20.3 Å². The summed E-state index contributed by atoms with van der Waals surface area (Å²) in [5, 5.41) is 4.53. The van der Waals surface area contributed by atoms with E-state index >= 15 is 0 Å². The number of rotatable bonds is 3. The number of fused-ring (bicyclic) bond motifs is 1. The van der Waals surface area contributed by atoms with E-state index in [0.29, 0.717) is 22.4 Å². The quantitative estimate of drug-likeness (QED) is 0.796. The van der Waals surface area contributed by atoms with E-state index in [9.17, 15) is 0 Å². The van der Waals surface area contributed by atoms with Gasteiger partial charge in [-0.1, -0.05) is 23.2 Å². The summed E-state index contributed by atoms with van der Waals surface area (Å²) in [5.74, 6) is 0.673. The number of hydrogen-bond acceptors (Lipinski definition) is 4. The van der Waals surface area contributed by atoms with Gasteiger partial charge in [-0.3, -0.25) is 4.98 Å². The van der Waals surface area contributed by atoms with Crippen molar-refractivity contribution in [1.29, 1.82) is 0 Å². The van der Waals surface area contributed by atoms with Crippen LogP contribution in [-0.4, -0.2) is 15.0 Å². The normalized spacial score (nSPS) is 10.7. The zero-order valence-electron chi connectivity index (χ0n) is 10.3. The maximum atomic E-state index is 6.13. The number of hydrogen-bond donors (Lipinski definition) is 1. The Bertz CT molecular complexity index is 756. The lowest BCUT2D eigenvalue weighted by Crippen LogP contribution is -2.03. The van der Waals surface area contributed by atoms with E-state index in [-0.39, 0.29) is 0 Å². The van der Waals surface area contributed by atoms with Crippen LogP contribution in [0.2, 0.25) is 10.0 Å². The highest BCUT2D eigenvalue weighted by atomic mass is 35.5. The summed E-state index contributed by atoms with van der Waals surface area (Å²) < 4.78 is 0. The molecule has 0 amide bonds. The molecule has 1 N–H and O–H groups in total. The SMILES string of the molecule is Clc1ccc(Cl)c(CNc2ncnc3cccnc23)c1. The first-order valence-electron chi connectivity index (χ1n) is 5.97. The van der Waals surface area contributed by atoms with E-state index in [0.717, 1.165) is 16.6 Å². The number of pyridine rings is 1. The van der Waals surface area contributed by atoms with Crippen LogP contribution < -0.4 is 5.32 Å². The Morgan fingerprint density at radius 2 is 1.95 bits per heavy atom. The van der Waals surface area contributed by atoms with Crippen molar-refractivity contribution in [3.8, 4) is 0 Å². The standard InChI is InChI=1S/C14H10Cl2N4/c15-10-3-4-11(16)9(6-10)7-18-14-13-12(19-8-20-14)2-1-5-17-13/h1-6,8H,7H2,(H,18,19,20). The van der Waals surface area contributed by atoms with Crippen molar-refractivity contribution in [3.63, 3.8) is 0 Å².